The zero-order chi connectivity index (χ0) is 16.2. The van der Waals surface area contributed by atoms with E-state index >= 15 is 0 Å². The Hall–Kier alpha value is -0.160. The van der Waals surface area contributed by atoms with Crippen molar-refractivity contribution >= 4 is 0 Å². The molecule has 0 radical (unpaired) electrons. The quantitative estimate of drug-likeness (QED) is 0.556. The highest BCUT2D eigenvalue weighted by Gasteiger charge is 2.37. The van der Waals surface area contributed by atoms with Crippen LogP contribution in [-0.4, -0.2) is 45.8 Å². The molecule has 0 heterocycles. The van der Waals surface area contributed by atoms with Gasteiger partial charge in [-0.15, -0.1) is 0 Å². The monoisotopic (exact) mass is 304 g/mol. The van der Waals surface area contributed by atoms with E-state index in [-0.39, 0.29) is 12.0 Å². The molecule has 21 heavy (non-hydrogen) atoms. The highest BCUT2D eigenvalue weighted by Crippen LogP contribution is 2.38. The third-order valence-electron chi connectivity index (χ3n) is 4.93. The molecule has 128 valence electrons. The summed E-state index contributed by atoms with van der Waals surface area (Å²) in [6, 6.07) is 0. The molecular formula is C17H36O4. The first-order valence-electron chi connectivity index (χ1n) is 8.56. The van der Waals surface area contributed by atoms with Crippen LogP contribution in [0.25, 0.3) is 0 Å². The predicted octanol–water partition coefficient (Wildman–Crippen LogP) is 2.62. The van der Waals surface area contributed by atoms with Crippen LogP contribution in [0, 0.1) is 5.41 Å². The van der Waals surface area contributed by atoms with Crippen molar-refractivity contribution in [3.63, 3.8) is 0 Å². The van der Waals surface area contributed by atoms with Crippen molar-refractivity contribution in [2.24, 2.45) is 5.41 Å². The summed E-state index contributed by atoms with van der Waals surface area (Å²) in [4.78, 5) is 0. The summed E-state index contributed by atoms with van der Waals surface area (Å²) in [5.41, 5.74) is -1.63. The van der Waals surface area contributed by atoms with Gasteiger partial charge in [-0.25, -0.2) is 0 Å². The van der Waals surface area contributed by atoms with Crippen molar-refractivity contribution in [3.8, 4) is 0 Å². The van der Waals surface area contributed by atoms with Crippen molar-refractivity contribution in [2.75, 3.05) is 19.8 Å². The second kappa shape index (κ2) is 11.4. The van der Waals surface area contributed by atoms with Gasteiger partial charge in [-0.2, -0.15) is 0 Å². The Morgan fingerprint density at radius 3 is 1.38 bits per heavy atom. The molecule has 4 nitrogen and oxygen atoms in total. The van der Waals surface area contributed by atoms with Crippen LogP contribution in [0.15, 0.2) is 0 Å². The SMILES string of the molecule is C1CCCCC1.CCC(CC)(CCO)CC(O)(CO)CO. The van der Waals surface area contributed by atoms with Gasteiger partial charge < -0.3 is 20.4 Å². The summed E-state index contributed by atoms with van der Waals surface area (Å²) in [7, 11) is 0. The summed E-state index contributed by atoms with van der Waals surface area (Å²) in [6.07, 6.45) is 11.5. The van der Waals surface area contributed by atoms with Crippen molar-refractivity contribution in [2.45, 2.75) is 83.7 Å². The van der Waals surface area contributed by atoms with Crippen LogP contribution in [0.3, 0.4) is 0 Å². The highest BCUT2D eigenvalue weighted by atomic mass is 16.4. The molecule has 0 bridgehead atoms. The van der Waals surface area contributed by atoms with E-state index in [0.717, 1.165) is 12.8 Å². The van der Waals surface area contributed by atoms with Crippen molar-refractivity contribution < 1.29 is 20.4 Å². The van der Waals surface area contributed by atoms with E-state index in [1.54, 1.807) is 0 Å². The third-order valence-corrected chi connectivity index (χ3v) is 4.93. The summed E-state index contributed by atoms with van der Waals surface area (Å²) in [6.45, 7) is 3.16. The van der Waals surface area contributed by atoms with E-state index < -0.39 is 18.8 Å². The van der Waals surface area contributed by atoms with E-state index in [2.05, 4.69) is 0 Å². The van der Waals surface area contributed by atoms with Crippen LogP contribution in [0.4, 0.5) is 0 Å². The average molecular weight is 304 g/mol. The average Bonchev–Trinajstić information content (AvgIpc) is 2.56. The second-order valence-electron chi connectivity index (χ2n) is 6.52. The number of hydrogen-bond donors (Lipinski definition) is 4. The maximum atomic E-state index is 9.87. The smallest absolute Gasteiger partial charge is 0.111 e. The van der Waals surface area contributed by atoms with Gasteiger partial charge in [0.2, 0.25) is 0 Å². The Morgan fingerprint density at radius 1 is 0.762 bits per heavy atom. The van der Waals surface area contributed by atoms with Crippen LogP contribution < -0.4 is 0 Å². The first-order valence-corrected chi connectivity index (χ1v) is 8.56. The Bertz CT molecular complexity index is 219. The van der Waals surface area contributed by atoms with Crippen LogP contribution in [0.2, 0.25) is 0 Å². The lowest BCUT2D eigenvalue weighted by molar-refractivity contribution is -0.0900. The first kappa shape index (κ1) is 20.8. The molecule has 0 spiro atoms. The maximum absolute atomic E-state index is 9.87. The van der Waals surface area contributed by atoms with Crippen molar-refractivity contribution in [1.29, 1.82) is 0 Å². The Labute approximate surface area is 130 Å². The van der Waals surface area contributed by atoms with Crippen LogP contribution in [-0.2, 0) is 0 Å². The Morgan fingerprint density at radius 2 is 1.14 bits per heavy atom. The van der Waals surface area contributed by atoms with Gasteiger partial charge in [0.15, 0.2) is 0 Å². The van der Waals surface area contributed by atoms with Gasteiger partial charge in [0.05, 0.1) is 13.2 Å². The maximum Gasteiger partial charge on any atom is 0.111 e. The molecular weight excluding hydrogens is 268 g/mol. The Kier molecular flexibility index (Phi) is 11.3. The van der Waals surface area contributed by atoms with Crippen LogP contribution in [0.1, 0.15) is 78.1 Å². The molecule has 4 heteroatoms. The molecule has 1 saturated carbocycles. The van der Waals surface area contributed by atoms with Crippen LogP contribution in [0.5, 0.6) is 0 Å². The fourth-order valence-corrected chi connectivity index (χ4v) is 3.10. The minimum Gasteiger partial charge on any atom is -0.396 e. The normalized spacial score (nSPS) is 16.3. The highest BCUT2D eigenvalue weighted by molar-refractivity contribution is 4.88. The lowest BCUT2D eigenvalue weighted by Gasteiger charge is -2.38. The van der Waals surface area contributed by atoms with Gasteiger partial charge in [0, 0.05) is 6.61 Å². The van der Waals surface area contributed by atoms with Crippen LogP contribution >= 0.6 is 0 Å². The van der Waals surface area contributed by atoms with E-state index in [1.807, 2.05) is 13.8 Å². The molecule has 1 aliphatic rings. The van der Waals surface area contributed by atoms with Gasteiger partial charge in [-0.3, -0.25) is 0 Å². The fourth-order valence-electron chi connectivity index (χ4n) is 3.10. The second-order valence-corrected chi connectivity index (χ2v) is 6.52. The molecule has 0 amide bonds. The molecule has 4 N–H and O–H groups in total. The number of aliphatic hydroxyl groups is 4. The van der Waals surface area contributed by atoms with Gasteiger partial charge >= 0.3 is 0 Å². The molecule has 0 saturated heterocycles. The lowest BCUT2D eigenvalue weighted by Crippen LogP contribution is -2.43. The third kappa shape index (κ3) is 8.15. The predicted molar refractivity (Wildman–Crippen MR) is 86.2 cm³/mol. The molecule has 1 rings (SSSR count). The zero-order valence-corrected chi connectivity index (χ0v) is 14.0. The fraction of sp³-hybridized carbons (Fsp3) is 1.00. The minimum atomic E-state index is -1.43. The molecule has 0 aliphatic heterocycles. The van der Waals surface area contributed by atoms with Crippen molar-refractivity contribution in [3.05, 3.63) is 0 Å². The molecule has 0 aromatic heterocycles. The molecule has 0 aromatic carbocycles. The molecule has 1 fully saturated rings. The molecule has 0 unspecified atom stereocenters. The van der Waals surface area contributed by atoms with Gasteiger partial charge in [-0.05, 0) is 18.3 Å². The largest absolute Gasteiger partial charge is 0.396 e. The van der Waals surface area contributed by atoms with E-state index in [4.69, 9.17) is 15.3 Å². The van der Waals surface area contributed by atoms with E-state index in [9.17, 15) is 5.11 Å². The zero-order valence-electron chi connectivity index (χ0n) is 14.0. The summed E-state index contributed by atoms with van der Waals surface area (Å²) >= 11 is 0. The number of aliphatic hydroxyl groups excluding tert-OH is 3. The standard InChI is InChI=1S/C11H24O4.C6H12/c1-3-10(4-2,5-6-12)7-11(15,8-13)9-14;1-2-4-6-5-3-1/h12-15H,3-9H2,1-2H3;1-6H2. The lowest BCUT2D eigenvalue weighted by atomic mass is 9.71. The summed E-state index contributed by atoms with van der Waals surface area (Å²) < 4.78 is 0. The molecule has 0 atom stereocenters. The van der Waals surface area contributed by atoms with Gasteiger partial charge in [0.1, 0.15) is 5.60 Å². The topological polar surface area (TPSA) is 80.9 Å². The summed E-state index contributed by atoms with van der Waals surface area (Å²) in [5.74, 6) is 0. The van der Waals surface area contributed by atoms with E-state index in [1.165, 1.54) is 38.5 Å². The van der Waals surface area contributed by atoms with Gasteiger partial charge in [-0.1, -0.05) is 65.2 Å². The Balaban J connectivity index is 0.000000547. The minimum absolute atomic E-state index is 0.0641. The van der Waals surface area contributed by atoms with Crippen molar-refractivity contribution in [1.82, 2.24) is 0 Å². The first-order chi connectivity index (χ1) is 10.0. The molecule has 1 aliphatic carbocycles. The van der Waals surface area contributed by atoms with Gasteiger partial charge in [0.25, 0.3) is 0 Å². The molecule has 0 aromatic rings. The van der Waals surface area contributed by atoms with E-state index in [0.29, 0.717) is 12.8 Å². The number of hydrogen-bond acceptors (Lipinski definition) is 4. The number of rotatable bonds is 8. The summed E-state index contributed by atoms with van der Waals surface area (Å²) in [5, 5.41) is 36.9.